The highest BCUT2D eigenvalue weighted by Gasteiger charge is 2.28. The molecule has 6 nitrogen and oxygen atoms in total. The molecule has 2 rings (SSSR count). The Labute approximate surface area is 96.1 Å². The van der Waals surface area contributed by atoms with Crippen molar-refractivity contribution in [1.29, 1.82) is 0 Å². The molecule has 1 aliphatic heterocycles. The number of carbonyl (C=O) groups is 2. The van der Waals surface area contributed by atoms with Crippen LogP contribution in [-0.4, -0.2) is 33.4 Å². The van der Waals surface area contributed by atoms with Crippen molar-refractivity contribution in [3.8, 4) is 0 Å². The first kappa shape index (κ1) is 11.6. The fraction of sp³-hybridized carbons (Fsp3) is 0.273. The summed E-state index contributed by atoms with van der Waals surface area (Å²) in [7, 11) is 0. The van der Waals surface area contributed by atoms with Crippen LogP contribution in [0.2, 0.25) is 0 Å². The molecule has 3 N–H and O–H groups in total. The van der Waals surface area contributed by atoms with E-state index in [-0.39, 0.29) is 12.2 Å². The van der Waals surface area contributed by atoms with Gasteiger partial charge < -0.3 is 20.1 Å². The number of carboxylic acid groups (broad SMARTS) is 1. The van der Waals surface area contributed by atoms with Crippen LogP contribution in [0.5, 0.6) is 0 Å². The second-order valence-corrected chi connectivity index (χ2v) is 3.72. The molecule has 0 spiro atoms. The minimum absolute atomic E-state index is 0.164. The molecule has 1 aromatic carbocycles. The van der Waals surface area contributed by atoms with Crippen LogP contribution < -0.4 is 0 Å². The van der Waals surface area contributed by atoms with Gasteiger partial charge >= 0.3 is 11.9 Å². The Hall–Kier alpha value is -1.92. The van der Waals surface area contributed by atoms with Gasteiger partial charge in [0, 0.05) is 5.56 Å². The zero-order valence-corrected chi connectivity index (χ0v) is 8.66. The lowest BCUT2D eigenvalue weighted by Gasteiger charge is -2.14. The van der Waals surface area contributed by atoms with E-state index in [4.69, 9.17) is 9.84 Å². The molecule has 0 saturated heterocycles. The van der Waals surface area contributed by atoms with Crippen molar-refractivity contribution in [2.45, 2.75) is 18.8 Å². The molecule has 90 valence electrons. The number of hydrogen-bond acceptors (Lipinski definition) is 5. The van der Waals surface area contributed by atoms with E-state index < -0.39 is 24.1 Å². The van der Waals surface area contributed by atoms with Crippen molar-refractivity contribution >= 4 is 11.9 Å². The molecule has 17 heavy (non-hydrogen) atoms. The highest BCUT2D eigenvalue weighted by molar-refractivity contribution is 5.93. The smallest absolute Gasteiger partial charge is 0.338 e. The minimum atomic E-state index is -1.93. The Morgan fingerprint density at radius 3 is 2.71 bits per heavy atom. The average molecular weight is 238 g/mol. The molecule has 6 heteroatoms. The lowest BCUT2D eigenvalue weighted by molar-refractivity contribution is -0.153. The minimum Gasteiger partial charge on any atom is -0.479 e. The molecule has 0 radical (unpaired) electrons. The molecule has 0 aliphatic carbocycles. The van der Waals surface area contributed by atoms with Crippen LogP contribution in [0.3, 0.4) is 0 Å². The van der Waals surface area contributed by atoms with E-state index >= 15 is 0 Å². The number of esters is 1. The normalized spacial score (nSPS) is 17.2. The summed E-state index contributed by atoms with van der Waals surface area (Å²) in [6.07, 6.45) is -3.50. The second-order valence-electron chi connectivity index (χ2n) is 3.72. The van der Waals surface area contributed by atoms with Crippen molar-refractivity contribution in [1.82, 2.24) is 0 Å². The predicted octanol–water partition coefficient (Wildman–Crippen LogP) is -0.164. The summed E-state index contributed by atoms with van der Waals surface area (Å²) >= 11 is 0. The zero-order chi connectivity index (χ0) is 12.6. The third-order valence-electron chi connectivity index (χ3n) is 2.61. The lowest BCUT2D eigenvalue weighted by atomic mass is 9.99. The van der Waals surface area contributed by atoms with Crippen LogP contribution in [-0.2, 0) is 16.1 Å². The molecule has 0 saturated carbocycles. The number of aliphatic carboxylic acids is 1. The van der Waals surface area contributed by atoms with Gasteiger partial charge in [0.05, 0.1) is 5.56 Å². The fourth-order valence-corrected chi connectivity index (χ4v) is 1.63. The summed E-state index contributed by atoms with van der Waals surface area (Å²) in [4.78, 5) is 21.8. The number of hydrogen-bond donors (Lipinski definition) is 3. The van der Waals surface area contributed by atoms with Gasteiger partial charge in [0.15, 0.2) is 6.10 Å². The number of fused-ring (bicyclic) bond motifs is 1. The SMILES string of the molecule is O=C1OCc2ccc(C(O)C(O)C(=O)O)cc21. The van der Waals surface area contributed by atoms with Crippen LogP contribution in [0.25, 0.3) is 0 Å². The van der Waals surface area contributed by atoms with Crippen LogP contribution in [0.1, 0.15) is 27.6 Å². The van der Waals surface area contributed by atoms with Gasteiger partial charge in [-0.25, -0.2) is 9.59 Å². The molecule has 2 unspecified atom stereocenters. The number of carbonyl (C=O) groups excluding carboxylic acids is 1. The van der Waals surface area contributed by atoms with Gasteiger partial charge in [0.1, 0.15) is 12.7 Å². The van der Waals surface area contributed by atoms with Crippen LogP contribution in [0, 0.1) is 0 Å². The number of aliphatic hydroxyl groups is 2. The molecule has 0 aromatic heterocycles. The maximum Gasteiger partial charge on any atom is 0.338 e. The third-order valence-corrected chi connectivity index (χ3v) is 2.61. The molecular weight excluding hydrogens is 228 g/mol. The molecule has 1 aliphatic rings. The number of cyclic esters (lactones) is 1. The second kappa shape index (κ2) is 4.15. The summed E-state index contributed by atoms with van der Waals surface area (Å²) in [5.41, 5.74) is 1.13. The molecule has 0 fully saturated rings. The van der Waals surface area contributed by atoms with Gasteiger partial charge in [-0.15, -0.1) is 0 Å². The van der Waals surface area contributed by atoms with Crippen molar-refractivity contribution in [2.24, 2.45) is 0 Å². The number of carboxylic acids is 1. The Morgan fingerprint density at radius 1 is 1.35 bits per heavy atom. The number of benzene rings is 1. The highest BCUT2D eigenvalue weighted by Crippen LogP contribution is 2.25. The van der Waals surface area contributed by atoms with Crippen molar-refractivity contribution in [3.63, 3.8) is 0 Å². The summed E-state index contributed by atoms with van der Waals surface area (Å²) in [5.74, 6) is -2.04. The third kappa shape index (κ3) is 2.00. The standard InChI is InChI=1S/C11H10O6/c12-8(9(13)10(14)15)5-1-2-6-4-17-11(16)7(6)3-5/h1-3,8-9,12-13H,4H2,(H,14,15). The van der Waals surface area contributed by atoms with Gasteiger partial charge in [-0.3, -0.25) is 0 Å². The lowest BCUT2D eigenvalue weighted by Crippen LogP contribution is -2.27. The van der Waals surface area contributed by atoms with E-state index in [2.05, 4.69) is 0 Å². The van der Waals surface area contributed by atoms with E-state index in [0.717, 1.165) is 0 Å². The van der Waals surface area contributed by atoms with Crippen molar-refractivity contribution in [3.05, 3.63) is 34.9 Å². The summed E-state index contributed by atoms with van der Waals surface area (Å²) in [5, 5.41) is 27.3. The Morgan fingerprint density at radius 2 is 2.06 bits per heavy atom. The predicted molar refractivity (Wildman–Crippen MR) is 54.2 cm³/mol. The fourth-order valence-electron chi connectivity index (χ4n) is 1.63. The first-order valence-corrected chi connectivity index (χ1v) is 4.89. The monoisotopic (exact) mass is 238 g/mol. The Kier molecular flexibility index (Phi) is 2.83. The maximum absolute atomic E-state index is 11.3. The first-order chi connectivity index (χ1) is 8.00. The zero-order valence-electron chi connectivity index (χ0n) is 8.66. The Balaban J connectivity index is 2.32. The quantitative estimate of drug-likeness (QED) is 0.632. The average Bonchev–Trinajstić information content (AvgIpc) is 2.68. The first-order valence-electron chi connectivity index (χ1n) is 4.89. The van der Waals surface area contributed by atoms with E-state index in [9.17, 15) is 19.8 Å². The van der Waals surface area contributed by atoms with Crippen molar-refractivity contribution in [2.75, 3.05) is 0 Å². The maximum atomic E-state index is 11.3. The summed E-state index contributed by atoms with van der Waals surface area (Å²) < 4.78 is 4.77. The molecule has 2 atom stereocenters. The molecule has 0 amide bonds. The molecule has 1 aromatic rings. The number of ether oxygens (including phenoxy) is 1. The largest absolute Gasteiger partial charge is 0.479 e. The number of rotatable bonds is 3. The van der Waals surface area contributed by atoms with E-state index in [1.54, 1.807) is 6.07 Å². The van der Waals surface area contributed by atoms with Crippen molar-refractivity contribution < 1.29 is 29.6 Å². The Bertz CT molecular complexity index is 481. The van der Waals surface area contributed by atoms with E-state index in [1.165, 1.54) is 12.1 Å². The molecule has 1 heterocycles. The van der Waals surface area contributed by atoms with Gasteiger partial charge in [0.2, 0.25) is 0 Å². The van der Waals surface area contributed by atoms with Crippen LogP contribution in [0.4, 0.5) is 0 Å². The van der Waals surface area contributed by atoms with E-state index in [0.29, 0.717) is 11.1 Å². The van der Waals surface area contributed by atoms with Gasteiger partial charge in [-0.05, 0) is 11.6 Å². The summed E-state index contributed by atoms with van der Waals surface area (Å²) in [6.45, 7) is 0.173. The topological polar surface area (TPSA) is 104 Å². The molecule has 0 bridgehead atoms. The van der Waals surface area contributed by atoms with Crippen LogP contribution in [0.15, 0.2) is 18.2 Å². The van der Waals surface area contributed by atoms with Gasteiger partial charge in [-0.2, -0.15) is 0 Å². The number of aliphatic hydroxyl groups excluding tert-OH is 2. The summed E-state index contributed by atoms with van der Waals surface area (Å²) in [6, 6.07) is 4.35. The highest BCUT2D eigenvalue weighted by atomic mass is 16.5. The van der Waals surface area contributed by atoms with Gasteiger partial charge in [0.25, 0.3) is 0 Å². The van der Waals surface area contributed by atoms with E-state index in [1.807, 2.05) is 0 Å². The van der Waals surface area contributed by atoms with Gasteiger partial charge in [-0.1, -0.05) is 12.1 Å². The molecular formula is C11H10O6. The van der Waals surface area contributed by atoms with Crippen LogP contribution >= 0.6 is 0 Å².